The summed E-state index contributed by atoms with van der Waals surface area (Å²) in [6.45, 7) is 10.7. The van der Waals surface area contributed by atoms with Crippen LogP contribution < -0.4 is 10.1 Å². The highest BCUT2D eigenvalue weighted by atomic mass is 16.5. The fraction of sp³-hybridized carbons (Fsp3) is 0.500. The zero-order chi connectivity index (χ0) is 13.4. The van der Waals surface area contributed by atoms with Gasteiger partial charge in [-0.3, -0.25) is 0 Å². The van der Waals surface area contributed by atoms with E-state index in [1.165, 1.54) is 16.7 Å². The topological polar surface area (TPSA) is 21.3 Å². The van der Waals surface area contributed by atoms with Crippen LogP contribution in [0.4, 0.5) is 0 Å². The Kier molecular flexibility index (Phi) is 6.32. The van der Waals surface area contributed by atoms with E-state index in [0.717, 1.165) is 25.3 Å². The summed E-state index contributed by atoms with van der Waals surface area (Å²) in [5, 5.41) is 3.34. The molecule has 0 aromatic heterocycles. The first-order valence-electron chi connectivity index (χ1n) is 6.52. The number of nitrogens with one attached hydrogen (secondary N) is 1. The Morgan fingerprint density at radius 2 is 1.89 bits per heavy atom. The summed E-state index contributed by atoms with van der Waals surface area (Å²) in [5.74, 6) is 6.90. The molecule has 1 aromatic rings. The molecule has 1 N–H and O–H groups in total. The zero-order valence-electron chi connectivity index (χ0n) is 11.9. The highest BCUT2D eigenvalue weighted by molar-refractivity contribution is 5.43. The second-order valence-corrected chi connectivity index (χ2v) is 4.36. The molecule has 0 saturated carbocycles. The second-order valence-electron chi connectivity index (χ2n) is 4.36. The largest absolute Gasteiger partial charge is 0.492 e. The van der Waals surface area contributed by atoms with Gasteiger partial charge in [-0.15, -0.1) is 11.8 Å². The minimum atomic E-state index is 0.662. The summed E-state index contributed by atoms with van der Waals surface area (Å²) in [6.07, 6.45) is 0.786. The average Bonchev–Trinajstić information content (AvgIpc) is 2.34. The van der Waals surface area contributed by atoms with Crippen molar-refractivity contribution in [2.45, 2.75) is 40.7 Å². The summed E-state index contributed by atoms with van der Waals surface area (Å²) in [7, 11) is 0. The minimum absolute atomic E-state index is 0.662. The summed E-state index contributed by atoms with van der Waals surface area (Å²) < 4.78 is 5.81. The standard InChI is InChI=1S/C16H23NO/c1-5-7-8-9-18-16-13(3)10-15(11-14(16)4)12-17-6-2/h10-11,17H,6,8-9,12H2,1-4H3. The Balaban J connectivity index is 2.70. The summed E-state index contributed by atoms with van der Waals surface area (Å²) in [5.41, 5.74) is 3.72. The number of ether oxygens (including phenoxy) is 1. The van der Waals surface area contributed by atoms with Crippen molar-refractivity contribution in [1.29, 1.82) is 0 Å². The van der Waals surface area contributed by atoms with Crippen molar-refractivity contribution >= 4 is 0 Å². The molecule has 0 aliphatic heterocycles. The Bertz CT molecular complexity index is 417. The van der Waals surface area contributed by atoms with Crippen molar-refractivity contribution in [3.63, 3.8) is 0 Å². The minimum Gasteiger partial charge on any atom is -0.492 e. The molecule has 1 rings (SSSR count). The molecule has 0 amide bonds. The van der Waals surface area contributed by atoms with Gasteiger partial charge in [0, 0.05) is 13.0 Å². The van der Waals surface area contributed by atoms with Gasteiger partial charge < -0.3 is 10.1 Å². The molecule has 18 heavy (non-hydrogen) atoms. The molecule has 0 saturated heterocycles. The number of hydrogen-bond acceptors (Lipinski definition) is 2. The van der Waals surface area contributed by atoms with E-state index < -0.39 is 0 Å². The number of rotatable bonds is 6. The molecule has 0 radical (unpaired) electrons. The van der Waals surface area contributed by atoms with Gasteiger partial charge in [-0.25, -0.2) is 0 Å². The molecule has 2 nitrogen and oxygen atoms in total. The first-order chi connectivity index (χ1) is 8.69. The number of benzene rings is 1. The maximum atomic E-state index is 5.81. The predicted octanol–water partition coefficient (Wildman–Crippen LogP) is 3.21. The van der Waals surface area contributed by atoms with Gasteiger partial charge in [-0.2, -0.15) is 0 Å². The van der Waals surface area contributed by atoms with E-state index in [-0.39, 0.29) is 0 Å². The van der Waals surface area contributed by atoms with E-state index >= 15 is 0 Å². The van der Waals surface area contributed by atoms with Crippen molar-refractivity contribution in [3.8, 4) is 17.6 Å². The fourth-order valence-corrected chi connectivity index (χ4v) is 1.97. The van der Waals surface area contributed by atoms with Gasteiger partial charge in [0.2, 0.25) is 0 Å². The summed E-state index contributed by atoms with van der Waals surface area (Å²) in [4.78, 5) is 0. The Morgan fingerprint density at radius 1 is 1.22 bits per heavy atom. The number of aryl methyl sites for hydroxylation is 2. The zero-order valence-corrected chi connectivity index (χ0v) is 11.9. The van der Waals surface area contributed by atoms with E-state index in [1.807, 2.05) is 6.92 Å². The van der Waals surface area contributed by atoms with E-state index in [0.29, 0.717) is 6.61 Å². The van der Waals surface area contributed by atoms with Crippen LogP contribution in [0.2, 0.25) is 0 Å². The van der Waals surface area contributed by atoms with E-state index in [9.17, 15) is 0 Å². The molecule has 0 heterocycles. The smallest absolute Gasteiger partial charge is 0.125 e. The van der Waals surface area contributed by atoms with Crippen molar-refractivity contribution in [1.82, 2.24) is 5.32 Å². The molecular weight excluding hydrogens is 222 g/mol. The third kappa shape index (κ3) is 4.43. The molecule has 2 heteroatoms. The summed E-state index contributed by atoms with van der Waals surface area (Å²) in [6, 6.07) is 4.38. The van der Waals surface area contributed by atoms with Gasteiger partial charge in [0.1, 0.15) is 5.75 Å². The Morgan fingerprint density at radius 3 is 2.44 bits per heavy atom. The van der Waals surface area contributed by atoms with E-state index in [4.69, 9.17) is 4.74 Å². The maximum absolute atomic E-state index is 5.81. The summed E-state index contributed by atoms with van der Waals surface area (Å²) >= 11 is 0. The molecule has 98 valence electrons. The van der Waals surface area contributed by atoms with Crippen LogP contribution in [-0.4, -0.2) is 13.2 Å². The van der Waals surface area contributed by atoms with Crippen LogP contribution >= 0.6 is 0 Å². The molecule has 0 aliphatic rings. The monoisotopic (exact) mass is 245 g/mol. The maximum Gasteiger partial charge on any atom is 0.125 e. The van der Waals surface area contributed by atoms with Crippen molar-refractivity contribution in [2.75, 3.05) is 13.2 Å². The SMILES string of the molecule is CC#CCCOc1c(C)cc(CNCC)cc1C. The van der Waals surface area contributed by atoms with Crippen LogP contribution in [0.15, 0.2) is 12.1 Å². The molecule has 1 aromatic carbocycles. The van der Waals surface area contributed by atoms with Crippen LogP contribution in [0.1, 0.15) is 37.0 Å². The predicted molar refractivity (Wildman–Crippen MR) is 76.9 cm³/mol. The van der Waals surface area contributed by atoms with Gasteiger partial charge in [0.15, 0.2) is 0 Å². The van der Waals surface area contributed by atoms with Crippen molar-refractivity contribution in [3.05, 3.63) is 28.8 Å². The molecule has 0 aliphatic carbocycles. The van der Waals surface area contributed by atoms with Crippen LogP contribution in [0.25, 0.3) is 0 Å². The molecular formula is C16H23NO. The first kappa shape index (κ1) is 14.6. The quantitative estimate of drug-likeness (QED) is 0.614. The second kappa shape index (κ2) is 7.79. The Hall–Kier alpha value is -1.46. The third-order valence-corrected chi connectivity index (χ3v) is 2.75. The van der Waals surface area contributed by atoms with Crippen LogP contribution in [0, 0.1) is 25.7 Å². The first-order valence-corrected chi connectivity index (χ1v) is 6.52. The van der Waals surface area contributed by atoms with Gasteiger partial charge in [0.05, 0.1) is 6.61 Å². The third-order valence-electron chi connectivity index (χ3n) is 2.75. The van der Waals surface area contributed by atoms with Crippen LogP contribution in [-0.2, 0) is 6.54 Å². The van der Waals surface area contributed by atoms with Gasteiger partial charge in [0.25, 0.3) is 0 Å². The van der Waals surface area contributed by atoms with E-state index in [1.54, 1.807) is 0 Å². The van der Waals surface area contributed by atoms with Gasteiger partial charge in [-0.05, 0) is 44.0 Å². The fourth-order valence-electron chi connectivity index (χ4n) is 1.97. The molecule has 0 spiro atoms. The van der Waals surface area contributed by atoms with Crippen molar-refractivity contribution in [2.24, 2.45) is 0 Å². The number of hydrogen-bond donors (Lipinski definition) is 1. The van der Waals surface area contributed by atoms with E-state index in [2.05, 4.69) is 50.1 Å². The lowest BCUT2D eigenvalue weighted by molar-refractivity contribution is 0.322. The van der Waals surface area contributed by atoms with Crippen molar-refractivity contribution < 1.29 is 4.74 Å². The molecule has 0 unspecified atom stereocenters. The lowest BCUT2D eigenvalue weighted by Gasteiger charge is -2.13. The Labute approximate surface area is 111 Å². The molecule has 0 bridgehead atoms. The van der Waals surface area contributed by atoms with Gasteiger partial charge in [-0.1, -0.05) is 19.1 Å². The lowest BCUT2D eigenvalue weighted by Crippen LogP contribution is -2.12. The molecule has 0 fully saturated rings. The average molecular weight is 245 g/mol. The normalized spacial score (nSPS) is 9.78. The van der Waals surface area contributed by atoms with Gasteiger partial charge >= 0.3 is 0 Å². The highest BCUT2D eigenvalue weighted by Gasteiger charge is 2.06. The van der Waals surface area contributed by atoms with Crippen LogP contribution in [0.5, 0.6) is 5.75 Å². The highest BCUT2D eigenvalue weighted by Crippen LogP contribution is 2.24. The molecule has 0 atom stereocenters. The lowest BCUT2D eigenvalue weighted by atomic mass is 10.1. The van der Waals surface area contributed by atoms with Crippen LogP contribution in [0.3, 0.4) is 0 Å².